The maximum atomic E-state index is 13.1. The van der Waals surface area contributed by atoms with Gasteiger partial charge in [0.05, 0.1) is 26.3 Å². The number of amides is 1. The zero-order chi connectivity index (χ0) is 18.0. The topological polar surface area (TPSA) is 64.8 Å². The average molecular weight is 360 g/mol. The van der Waals surface area contributed by atoms with Crippen LogP contribution in [0.2, 0.25) is 0 Å². The Kier molecular flexibility index (Phi) is 4.74. The predicted molar refractivity (Wildman–Crippen MR) is 89.9 cm³/mol. The first-order valence-electron chi connectivity index (χ1n) is 8.77. The molecule has 0 N–H and O–H groups in total. The van der Waals surface area contributed by atoms with Gasteiger partial charge < -0.3 is 18.8 Å². The van der Waals surface area contributed by atoms with Gasteiger partial charge in [-0.2, -0.15) is 0 Å². The van der Waals surface area contributed by atoms with Crippen molar-refractivity contribution in [3.8, 4) is 0 Å². The van der Waals surface area contributed by atoms with E-state index in [-0.39, 0.29) is 17.3 Å². The molecule has 1 atom stereocenters. The van der Waals surface area contributed by atoms with Crippen LogP contribution >= 0.6 is 0 Å². The summed E-state index contributed by atoms with van der Waals surface area (Å²) in [5.74, 6) is 0.0635. The molecular formula is C19H21FN2O4. The molecule has 0 bridgehead atoms. The van der Waals surface area contributed by atoms with Crippen LogP contribution in [0.25, 0.3) is 0 Å². The van der Waals surface area contributed by atoms with Crippen LogP contribution < -0.4 is 0 Å². The van der Waals surface area contributed by atoms with Crippen LogP contribution in [0.1, 0.15) is 28.9 Å². The predicted octanol–water partition coefficient (Wildman–Crippen LogP) is 2.65. The molecule has 0 aliphatic carbocycles. The zero-order valence-electron chi connectivity index (χ0n) is 14.4. The lowest BCUT2D eigenvalue weighted by Gasteiger charge is -2.46. The van der Waals surface area contributed by atoms with E-state index in [1.54, 1.807) is 11.0 Å². The van der Waals surface area contributed by atoms with Gasteiger partial charge in [0.25, 0.3) is 5.91 Å². The molecular weight excluding hydrogens is 339 g/mol. The summed E-state index contributed by atoms with van der Waals surface area (Å²) in [5.41, 5.74) is 0.956. The summed E-state index contributed by atoms with van der Waals surface area (Å²) in [5, 5.41) is 0. The first-order chi connectivity index (χ1) is 12.6. The van der Waals surface area contributed by atoms with E-state index in [0.717, 1.165) is 18.4 Å². The van der Waals surface area contributed by atoms with Crippen molar-refractivity contribution in [2.45, 2.75) is 25.0 Å². The zero-order valence-corrected chi connectivity index (χ0v) is 14.4. The standard InChI is InChI=1S/C19H21FN2O4/c20-16-3-1-2-14(6-16)8-24-5-4-15-7-19(26-9-15)11-22(12-19)18(23)17-10-25-13-21-17/h1-3,6,10,13,15H,4-5,7-9,11-12H2. The quantitative estimate of drug-likeness (QED) is 0.741. The summed E-state index contributed by atoms with van der Waals surface area (Å²) in [4.78, 5) is 17.8. The average Bonchev–Trinajstić information content (AvgIpc) is 3.27. The Hall–Kier alpha value is -2.25. The SMILES string of the molecule is O=C(c1cocn1)N1CC2(CC(CCOCc3cccc(F)c3)CO2)C1. The second-order valence-corrected chi connectivity index (χ2v) is 7.07. The van der Waals surface area contributed by atoms with Crippen LogP contribution in [-0.4, -0.2) is 47.7 Å². The Balaban J connectivity index is 1.17. The van der Waals surface area contributed by atoms with Gasteiger partial charge in [-0.1, -0.05) is 12.1 Å². The molecule has 0 radical (unpaired) electrons. The minimum atomic E-state index is -0.244. The van der Waals surface area contributed by atoms with Crippen LogP contribution in [-0.2, 0) is 16.1 Å². The molecule has 6 nitrogen and oxygen atoms in total. The van der Waals surface area contributed by atoms with E-state index in [1.165, 1.54) is 24.8 Å². The van der Waals surface area contributed by atoms with Crippen LogP contribution in [0.4, 0.5) is 4.39 Å². The van der Waals surface area contributed by atoms with Crippen LogP contribution in [0.15, 0.2) is 41.3 Å². The van der Waals surface area contributed by atoms with Gasteiger partial charge in [-0.25, -0.2) is 9.37 Å². The van der Waals surface area contributed by atoms with E-state index < -0.39 is 0 Å². The van der Waals surface area contributed by atoms with Crippen molar-refractivity contribution in [3.05, 3.63) is 54.0 Å². The third-order valence-electron chi connectivity index (χ3n) is 5.01. The van der Waals surface area contributed by atoms with Crippen LogP contribution in [0.5, 0.6) is 0 Å². The maximum Gasteiger partial charge on any atom is 0.276 e. The number of nitrogens with zero attached hydrogens (tertiary/aromatic N) is 2. The monoisotopic (exact) mass is 360 g/mol. The number of hydrogen-bond donors (Lipinski definition) is 0. The van der Waals surface area contributed by atoms with Gasteiger partial charge in [-0.05, 0) is 36.5 Å². The molecule has 1 unspecified atom stereocenters. The number of oxazole rings is 1. The summed E-state index contributed by atoms with van der Waals surface area (Å²) >= 11 is 0. The number of hydrogen-bond acceptors (Lipinski definition) is 5. The fourth-order valence-corrected chi connectivity index (χ4v) is 3.68. The van der Waals surface area contributed by atoms with Crippen LogP contribution in [0.3, 0.4) is 0 Å². The van der Waals surface area contributed by atoms with Gasteiger partial charge in [0.2, 0.25) is 0 Å². The molecule has 3 heterocycles. The molecule has 1 spiro atoms. The third kappa shape index (κ3) is 3.64. The molecule has 1 amide bonds. The Morgan fingerprint density at radius 2 is 2.31 bits per heavy atom. The van der Waals surface area contributed by atoms with E-state index in [1.807, 2.05) is 6.07 Å². The molecule has 26 heavy (non-hydrogen) atoms. The Morgan fingerprint density at radius 1 is 1.42 bits per heavy atom. The molecule has 2 aliphatic rings. The highest BCUT2D eigenvalue weighted by molar-refractivity contribution is 5.92. The first-order valence-corrected chi connectivity index (χ1v) is 8.77. The minimum absolute atomic E-state index is 0.116. The maximum absolute atomic E-state index is 13.1. The van der Waals surface area contributed by atoms with Gasteiger partial charge in [0.15, 0.2) is 12.1 Å². The molecule has 138 valence electrons. The van der Waals surface area contributed by atoms with Gasteiger partial charge in [0, 0.05) is 6.61 Å². The summed E-state index contributed by atoms with van der Waals surface area (Å²) in [6.45, 7) is 2.91. The molecule has 1 aromatic carbocycles. The number of rotatable bonds is 6. The van der Waals surface area contributed by atoms with Gasteiger partial charge in [0.1, 0.15) is 17.7 Å². The lowest BCUT2D eigenvalue weighted by molar-refractivity contribution is -0.0952. The Morgan fingerprint density at radius 3 is 3.08 bits per heavy atom. The van der Waals surface area contributed by atoms with Crippen molar-refractivity contribution in [2.75, 3.05) is 26.3 Å². The molecule has 0 saturated carbocycles. The molecule has 2 saturated heterocycles. The number of carbonyl (C=O) groups excluding carboxylic acids is 1. The molecule has 2 aliphatic heterocycles. The van der Waals surface area contributed by atoms with Crippen molar-refractivity contribution in [3.63, 3.8) is 0 Å². The largest absolute Gasteiger partial charge is 0.451 e. The second kappa shape index (κ2) is 7.17. The summed E-state index contributed by atoms with van der Waals surface area (Å²) in [6, 6.07) is 6.45. The summed E-state index contributed by atoms with van der Waals surface area (Å²) < 4.78 is 29.6. The van der Waals surface area contributed by atoms with E-state index in [2.05, 4.69) is 4.98 Å². The van der Waals surface area contributed by atoms with Gasteiger partial charge in [-0.15, -0.1) is 0 Å². The third-order valence-corrected chi connectivity index (χ3v) is 5.01. The first kappa shape index (κ1) is 17.2. The van der Waals surface area contributed by atoms with Gasteiger partial charge >= 0.3 is 0 Å². The molecule has 1 aromatic heterocycles. The Bertz CT molecular complexity index is 759. The second-order valence-electron chi connectivity index (χ2n) is 7.07. The minimum Gasteiger partial charge on any atom is -0.451 e. The van der Waals surface area contributed by atoms with Crippen molar-refractivity contribution in [1.29, 1.82) is 0 Å². The number of halogens is 1. The fraction of sp³-hybridized carbons (Fsp3) is 0.474. The normalized spacial score (nSPS) is 21.1. The van der Waals surface area contributed by atoms with Gasteiger partial charge in [-0.3, -0.25) is 4.79 Å². The lowest BCUT2D eigenvalue weighted by atomic mass is 9.86. The highest BCUT2D eigenvalue weighted by atomic mass is 19.1. The van der Waals surface area contributed by atoms with E-state index in [0.29, 0.717) is 44.5 Å². The molecule has 2 aromatic rings. The van der Waals surface area contributed by atoms with Crippen molar-refractivity contribution < 1.29 is 23.1 Å². The smallest absolute Gasteiger partial charge is 0.276 e. The fourth-order valence-electron chi connectivity index (χ4n) is 3.68. The van der Waals surface area contributed by atoms with E-state index in [9.17, 15) is 9.18 Å². The molecule has 2 fully saturated rings. The summed E-state index contributed by atoms with van der Waals surface area (Å²) in [7, 11) is 0. The highest BCUT2D eigenvalue weighted by Crippen LogP contribution is 2.39. The number of carbonyl (C=O) groups is 1. The van der Waals surface area contributed by atoms with Crippen molar-refractivity contribution in [2.24, 2.45) is 5.92 Å². The van der Waals surface area contributed by atoms with Crippen LogP contribution in [0, 0.1) is 11.7 Å². The number of benzene rings is 1. The highest BCUT2D eigenvalue weighted by Gasteiger charge is 2.51. The number of ether oxygens (including phenoxy) is 2. The number of likely N-dealkylation sites (tertiary alicyclic amines) is 1. The lowest BCUT2D eigenvalue weighted by Crippen LogP contribution is -2.63. The molecule has 4 rings (SSSR count). The number of aromatic nitrogens is 1. The van der Waals surface area contributed by atoms with Crippen molar-refractivity contribution >= 4 is 5.91 Å². The Labute approximate surface area is 150 Å². The van der Waals surface area contributed by atoms with E-state index >= 15 is 0 Å². The summed E-state index contributed by atoms with van der Waals surface area (Å²) in [6.07, 6.45) is 4.45. The van der Waals surface area contributed by atoms with E-state index in [4.69, 9.17) is 13.9 Å². The van der Waals surface area contributed by atoms with Crippen molar-refractivity contribution in [1.82, 2.24) is 9.88 Å². The molecule has 7 heteroatoms.